The molecule has 0 radical (unpaired) electrons. The van der Waals surface area contributed by atoms with E-state index in [4.69, 9.17) is 5.26 Å². The Hall–Kier alpha value is -1.16. The van der Waals surface area contributed by atoms with Crippen LogP contribution in [0.4, 0.5) is 0 Å². The van der Waals surface area contributed by atoms with Crippen molar-refractivity contribution < 1.29 is 8.42 Å². The van der Waals surface area contributed by atoms with Gasteiger partial charge in [0.25, 0.3) is 0 Å². The van der Waals surface area contributed by atoms with Crippen LogP contribution in [0.5, 0.6) is 0 Å². The van der Waals surface area contributed by atoms with E-state index in [1.807, 2.05) is 6.07 Å². The van der Waals surface area contributed by atoms with E-state index in [1.54, 1.807) is 24.3 Å². The van der Waals surface area contributed by atoms with E-state index in [9.17, 15) is 8.42 Å². The minimum absolute atomic E-state index is 0.112. The summed E-state index contributed by atoms with van der Waals surface area (Å²) < 4.78 is 26.2. The van der Waals surface area contributed by atoms with Crippen LogP contribution >= 0.6 is 15.9 Å². The van der Waals surface area contributed by atoms with E-state index >= 15 is 0 Å². The minimum Gasteiger partial charge on any atom is -0.212 e. The summed E-state index contributed by atoms with van der Waals surface area (Å²) >= 11 is 3.07. The Balaban J connectivity index is 2.70. The third-order valence-electron chi connectivity index (χ3n) is 1.92. The molecular formula is C11H11BrN2O2S. The van der Waals surface area contributed by atoms with Crippen LogP contribution in [0, 0.1) is 11.3 Å². The molecule has 0 bridgehead atoms. The molecule has 1 N–H and O–H groups in total. The Morgan fingerprint density at radius 1 is 1.41 bits per heavy atom. The fourth-order valence-corrected chi connectivity index (χ4v) is 2.59. The molecule has 0 heterocycles. The predicted octanol–water partition coefficient (Wildman–Crippen LogP) is 1.89. The van der Waals surface area contributed by atoms with Gasteiger partial charge >= 0.3 is 0 Å². The Morgan fingerprint density at radius 3 is 2.47 bits per heavy atom. The average molecular weight is 315 g/mol. The summed E-state index contributed by atoms with van der Waals surface area (Å²) in [6.45, 7) is 3.71. The SMILES string of the molecule is C=C(Br)CNS(=O)(=O)Cc1ccc(C#N)cc1. The van der Waals surface area contributed by atoms with Crippen molar-refractivity contribution in [3.63, 3.8) is 0 Å². The van der Waals surface area contributed by atoms with Crippen LogP contribution in [0.25, 0.3) is 0 Å². The number of benzene rings is 1. The Morgan fingerprint density at radius 2 is 2.00 bits per heavy atom. The van der Waals surface area contributed by atoms with Crippen molar-refractivity contribution in [2.75, 3.05) is 6.54 Å². The molecule has 0 saturated heterocycles. The van der Waals surface area contributed by atoms with Crippen molar-refractivity contribution in [3.8, 4) is 6.07 Å². The van der Waals surface area contributed by atoms with Crippen LogP contribution in [0.1, 0.15) is 11.1 Å². The number of nitrogens with one attached hydrogen (secondary N) is 1. The second-order valence-corrected chi connectivity index (χ2v) is 6.33. The highest BCUT2D eigenvalue weighted by molar-refractivity contribution is 9.11. The third-order valence-corrected chi connectivity index (χ3v) is 3.50. The lowest BCUT2D eigenvalue weighted by Crippen LogP contribution is -2.26. The number of hydrogen-bond donors (Lipinski definition) is 1. The first kappa shape index (κ1) is 13.9. The predicted molar refractivity (Wildman–Crippen MR) is 69.9 cm³/mol. The number of rotatable bonds is 5. The molecule has 0 aliphatic heterocycles. The summed E-state index contributed by atoms with van der Waals surface area (Å²) in [5.74, 6) is -0.112. The molecule has 0 amide bonds. The van der Waals surface area contributed by atoms with Gasteiger partial charge in [0.1, 0.15) is 0 Å². The van der Waals surface area contributed by atoms with Gasteiger partial charge in [-0.1, -0.05) is 34.6 Å². The second-order valence-electron chi connectivity index (χ2n) is 3.41. The number of hydrogen-bond acceptors (Lipinski definition) is 3. The van der Waals surface area contributed by atoms with Crippen LogP contribution in [0.2, 0.25) is 0 Å². The summed E-state index contributed by atoms with van der Waals surface area (Å²) in [7, 11) is -3.37. The molecule has 0 aromatic heterocycles. The summed E-state index contributed by atoms with van der Waals surface area (Å²) in [4.78, 5) is 0. The van der Waals surface area contributed by atoms with Gasteiger partial charge in [0.2, 0.25) is 10.0 Å². The molecule has 0 aliphatic rings. The van der Waals surface area contributed by atoms with Crippen molar-refractivity contribution in [2.24, 2.45) is 0 Å². The first-order valence-electron chi connectivity index (χ1n) is 4.72. The van der Waals surface area contributed by atoms with Crippen molar-refractivity contribution in [3.05, 3.63) is 46.5 Å². The molecule has 90 valence electrons. The average Bonchev–Trinajstić information content (AvgIpc) is 2.27. The molecule has 0 fully saturated rings. The zero-order valence-electron chi connectivity index (χ0n) is 8.98. The van der Waals surface area contributed by atoms with E-state index in [0.717, 1.165) is 0 Å². The van der Waals surface area contributed by atoms with Gasteiger partial charge in [-0.15, -0.1) is 0 Å². The highest BCUT2D eigenvalue weighted by atomic mass is 79.9. The fraction of sp³-hybridized carbons (Fsp3) is 0.182. The van der Waals surface area contributed by atoms with Crippen LogP contribution in [-0.4, -0.2) is 15.0 Å². The molecular weight excluding hydrogens is 304 g/mol. The summed E-state index contributed by atoms with van der Waals surface area (Å²) in [5, 5.41) is 8.61. The molecule has 6 heteroatoms. The van der Waals surface area contributed by atoms with Gasteiger partial charge in [0.15, 0.2) is 0 Å². The van der Waals surface area contributed by atoms with Crippen molar-refractivity contribution >= 4 is 26.0 Å². The number of halogens is 1. The molecule has 0 saturated carbocycles. The lowest BCUT2D eigenvalue weighted by Gasteiger charge is -2.05. The van der Waals surface area contributed by atoms with Crippen molar-refractivity contribution in [2.45, 2.75) is 5.75 Å². The normalized spacial score (nSPS) is 10.8. The lowest BCUT2D eigenvalue weighted by molar-refractivity contribution is 0.584. The van der Waals surface area contributed by atoms with E-state index in [-0.39, 0.29) is 12.3 Å². The van der Waals surface area contributed by atoms with Crippen molar-refractivity contribution in [1.29, 1.82) is 5.26 Å². The molecule has 1 aromatic rings. The van der Waals surface area contributed by atoms with Crippen LogP contribution in [0.3, 0.4) is 0 Å². The summed E-state index contributed by atoms with van der Waals surface area (Å²) in [6, 6.07) is 8.41. The van der Waals surface area contributed by atoms with E-state index in [0.29, 0.717) is 15.6 Å². The molecule has 4 nitrogen and oxygen atoms in total. The van der Waals surface area contributed by atoms with Crippen LogP contribution < -0.4 is 4.72 Å². The number of sulfonamides is 1. The van der Waals surface area contributed by atoms with E-state index in [1.165, 1.54) is 0 Å². The molecule has 0 aliphatic carbocycles. The first-order valence-corrected chi connectivity index (χ1v) is 7.17. The van der Waals surface area contributed by atoms with Gasteiger partial charge in [-0.3, -0.25) is 0 Å². The monoisotopic (exact) mass is 314 g/mol. The molecule has 1 aromatic carbocycles. The first-order chi connectivity index (χ1) is 7.93. The topological polar surface area (TPSA) is 70.0 Å². The smallest absolute Gasteiger partial charge is 0.212 e. The second kappa shape index (κ2) is 5.96. The van der Waals surface area contributed by atoms with Gasteiger partial charge in [-0.25, -0.2) is 13.1 Å². The quantitative estimate of drug-likeness (QED) is 0.902. The Labute approximate surface area is 109 Å². The molecule has 0 unspecified atom stereocenters. The highest BCUT2D eigenvalue weighted by Gasteiger charge is 2.10. The maximum atomic E-state index is 11.6. The lowest BCUT2D eigenvalue weighted by atomic mass is 10.2. The summed E-state index contributed by atoms with van der Waals surface area (Å²) in [6.07, 6.45) is 0. The van der Waals surface area contributed by atoms with Gasteiger partial charge in [0, 0.05) is 11.0 Å². The maximum absolute atomic E-state index is 11.6. The van der Waals surface area contributed by atoms with Crippen LogP contribution in [0.15, 0.2) is 35.3 Å². The molecule has 0 spiro atoms. The zero-order chi connectivity index (χ0) is 12.9. The van der Waals surface area contributed by atoms with Crippen LogP contribution in [-0.2, 0) is 15.8 Å². The minimum atomic E-state index is -3.37. The third kappa shape index (κ3) is 5.13. The zero-order valence-corrected chi connectivity index (χ0v) is 11.4. The standard InChI is InChI=1S/C11H11BrN2O2S/c1-9(12)7-14-17(15,16)8-11-4-2-10(6-13)3-5-11/h2-5,14H,1,7-8H2. The van der Waals surface area contributed by atoms with Gasteiger partial charge in [0.05, 0.1) is 17.4 Å². The fourth-order valence-electron chi connectivity index (χ4n) is 1.13. The molecule has 17 heavy (non-hydrogen) atoms. The number of nitrogens with zero attached hydrogens (tertiary/aromatic N) is 1. The van der Waals surface area contributed by atoms with Gasteiger partial charge in [-0.05, 0) is 17.7 Å². The van der Waals surface area contributed by atoms with Crippen molar-refractivity contribution in [1.82, 2.24) is 4.72 Å². The maximum Gasteiger partial charge on any atom is 0.216 e. The molecule has 0 atom stereocenters. The van der Waals surface area contributed by atoms with E-state index < -0.39 is 10.0 Å². The Kier molecular flexibility index (Phi) is 4.87. The highest BCUT2D eigenvalue weighted by Crippen LogP contribution is 2.08. The van der Waals surface area contributed by atoms with E-state index in [2.05, 4.69) is 27.2 Å². The largest absolute Gasteiger partial charge is 0.216 e. The molecule has 1 rings (SSSR count). The number of nitriles is 1. The van der Waals surface area contributed by atoms with Gasteiger partial charge in [-0.2, -0.15) is 5.26 Å². The Bertz CT molecular complexity index is 544. The summed E-state index contributed by atoms with van der Waals surface area (Å²) in [5.41, 5.74) is 1.14. The van der Waals surface area contributed by atoms with Gasteiger partial charge < -0.3 is 0 Å².